The number of halogens is 2. The molecule has 4 aliphatic heterocycles. The summed E-state index contributed by atoms with van der Waals surface area (Å²) in [5.41, 5.74) is 1.27. The number of rotatable bonds is 3. The van der Waals surface area contributed by atoms with E-state index in [1.165, 1.54) is 12.8 Å². The average Bonchev–Trinajstić information content (AvgIpc) is 3.29. The number of aromatic nitrogens is 2. The van der Waals surface area contributed by atoms with E-state index in [9.17, 15) is 4.39 Å². The molecular weight excluding hydrogens is 438 g/mol. The molecule has 6 nitrogen and oxygen atoms in total. The number of benzene rings is 1. The monoisotopic (exact) mass is 472 g/mol. The van der Waals surface area contributed by atoms with Crippen LogP contribution in [0.15, 0.2) is 12.1 Å². The van der Waals surface area contributed by atoms with E-state index in [4.69, 9.17) is 14.5 Å². The van der Waals surface area contributed by atoms with Gasteiger partial charge in [-0.25, -0.2) is 8.78 Å². The molecule has 3 fully saturated rings. The van der Waals surface area contributed by atoms with E-state index in [-0.39, 0.29) is 23.1 Å². The molecule has 0 bridgehead atoms. The lowest BCUT2D eigenvalue weighted by Crippen LogP contribution is -2.43. The van der Waals surface area contributed by atoms with Gasteiger partial charge < -0.3 is 14.4 Å². The third-order valence-electron chi connectivity index (χ3n) is 7.60. The van der Waals surface area contributed by atoms with Crippen LogP contribution >= 0.6 is 0 Å². The first kappa shape index (κ1) is 23.4. The van der Waals surface area contributed by atoms with Crippen molar-refractivity contribution in [2.24, 2.45) is 0 Å². The Bertz CT molecular complexity index is 1100. The van der Waals surface area contributed by atoms with Crippen molar-refractivity contribution >= 4 is 22.3 Å². The maximum atomic E-state index is 15.0. The highest BCUT2D eigenvalue weighted by Gasteiger charge is 2.45. The zero-order chi connectivity index (χ0) is 23.9. The van der Waals surface area contributed by atoms with Crippen molar-refractivity contribution in [3.63, 3.8) is 0 Å². The van der Waals surface area contributed by atoms with Gasteiger partial charge >= 0.3 is 6.01 Å². The van der Waals surface area contributed by atoms with E-state index < -0.39 is 11.6 Å². The van der Waals surface area contributed by atoms with Gasteiger partial charge in [0.1, 0.15) is 23.8 Å². The molecule has 34 heavy (non-hydrogen) atoms. The second-order valence-corrected chi connectivity index (χ2v) is 9.51. The van der Waals surface area contributed by atoms with Crippen molar-refractivity contribution in [2.75, 3.05) is 44.4 Å². The molecule has 3 saturated heterocycles. The quantitative estimate of drug-likeness (QED) is 0.630. The minimum atomic E-state index is -0.686. The molecule has 8 heteroatoms. The van der Waals surface area contributed by atoms with Gasteiger partial charge in [0.2, 0.25) is 0 Å². The summed E-state index contributed by atoms with van der Waals surface area (Å²) in [6, 6.07) is 0.995. The molecule has 6 rings (SSSR count). The molecule has 1 unspecified atom stereocenters. The highest BCUT2D eigenvalue weighted by molar-refractivity contribution is 6.01. The Morgan fingerprint density at radius 1 is 1.09 bits per heavy atom. The van der Waals surface area contributed by atoms with Crippen molar-refractivity contribution in [1.82, 2.24) is 14.9 Å². The molecule has 5 heterocycles. The van der Waals surface area contributed by atoms with Crippen LogP contribution in [0.1, 0.15) is 58.4 Å². The molecular formula is C26H34F2N4O2. The Kier molecular flexibility index (Phi) is 6.46. The summed E-state index contributed by atoms with van der Waals surface area (Å²) in [5.74, 6) is -0.741. The average molecular weight is 473 g/mol. The van der Waals surface area contributed by atoms with E-state index >= 15 is 4.39 Å². The standard InChI is InChI=1S/C24H28F2N4O2.C2H6/c1-15-11-16-13-31-10-4-9-30(16)22-20-19(15)17(25)12-18(26)21(20)27-23(28-22)32-14-24-5-2-7-29(24)8-3-6-24;1-2/h11-12,16H,2-10,13-14H2,1H3;1-2H3. The van der Waals surface area contributed by atoms with E-state index in [1.807, 2.05) is 26.8 Å². The summed E-state index contributed by atoms with van der Waals surface area (Å²) in [7, 11) is 0. The maximum Gasteiger partial charge on any atom is 0.319 e. The molecule has 0 N–H and O–H groups in total. The molecule has 1 aromatic heterocycles. The highest BCUT2D eigenvalue weighted by Crippen LogP contribution is 2.41. The van der Waals surface area contributed by atoms with Gasteiger partial charge in [-0.05, 0) is 57.7 Å². The van der Waals surface area contributed by atoms with Crippen LogP contribution in [0.5, 0.6) is 6.01 Å². The molecule has 0 radical (unpaired) electrons. The lowest BCUT2D eigenvalue weighted by molar-refractivity contribution is 0.108. The van der Waals surface area contributed by atoms with Crippen molar-refractivity contribution in [1.29, 1.82) is 0 Å². The van der Waals surface area contributed by atoms with Crippen LogP contribution in [-0.2, 0) is 4.74 Å². The summed E-state index contributed by atoms with van der Waals surface area (Å²) in [6.07, 6.45) is 7.36. The van der Waals surface area contributed by atoms with Crippen LogP contribution in [-0.4, -0.2) is 65.9 Å². The Morgan fingerprint density at radius 3 is 2.62 bits per heavy atom. The number of allylic oxidation sites excluding steroid dienone is 1. The maximum absolute atomic E-state index is 15.0. The van der Waals surface area contributed by atoms with Gasteiger partial charge in [0.15, 0.2) is 5.82 Å². The summed E-state index contributed by atoms with van der Waals surface area (Å²) in [5, 5.41) is 0.425. The van der Waals surface area contributed by atoms with Crippen molar-refractivity contribution in [3.8, 4) is 6.01 Å². The Morgan fingerprint density at radius 2 is 1.85 bits per heavy atom. The third kappa shape index (κ3) is 3.85. The number of nitrogens with zero attached hydrogens (tertiary/aromatic N) is 4. The van der Waals surface area contributed by atoms with Gasteiger partial charge in [-0.2, -0.15) is 9.97 Å². The molecule has 0 amide bonds. The minimum absolute atomic E-state index is 0.0378. The van der Waals surface area contributed by atoms with Gasteiger partial charge in [0.25, 0.3) is 0 Å². The van der Waals surface area contributed by atoms with E-state index in [2.05, 4.69) is 14.8 Å². The number of ether oxygens (including phenoxy) is 2. The smallest absolute Gasteiger partial charge is 0.319 e. The van der Waals surface area contributed by atoms with Gasteiger partial charge in [-0.1, -0.05) is 19.9 Å². The van der Waals surface area contributed by atoms with E-state index in [0.717, 1.165) is 44.0 Å². The van der Waals surface area contributed by atoms with Crippen LogP contribution in [0, 0.1) is 11.6 Å². The molecule has 0 aliphatic carbocycles. The first-order valence-electron chi connectivity index (χ1n) is 12.7. The van der Waals surface area contributed by atoms with Gasteiger partial charge in [-0.15, -0.1) is 0 Å². The predicted molar refractivity (Wildman–Crippen MR) is 129 cm³/mol. The SMILES string of the molecule is CC.CC1=CC2COCCCN2c2nc(OCC34CCCN3CCC4)nc3c(F)cc(F)c1c23. The van der Waals surface area contributed by atoms with Crippen molar-refractivity contribution < 1.29 is 18.3 Å². The van der Waals surface area contributed by atoms with Crippen LogP contribution in [0.4, 0.5) is 14.6 Å². The molecule has 4 aliphatic rings. The second-order valence-electron chi connectivity index (χ2n) is 9.51. The Hall–Kier alpha value is -2.32. The van der Waals surface area contributed by atoms with Crippen LogP contribution in [0.3, 0.4) is 0 Å². The fraction of sp³-hybridized carbons (Fsp3) is 0.615. The largest absolute Gasteiger partial charge is 0.461 e. The van der Waals surface area contributed by atoms with Gasteiger partial charge in [-0.3, -0.25) is 4.90 Å². The molecule has 184 valence electrons. The van der Waals surface area contributed by atoms with Crippen molar-refractivity contribution in [3.05, 3.63) is 29.3 Å². The second kappa shape index (κ2) is 9.38. The van der Waals surface area contributed by atoms with Gasteiger partial charge in [0, 0.05) is 24.8 Å². The van der Waals surface area contributed by atoms with Gasteiger partial charge in [0.05, 0.1) is 23.6 Å². The van der Waals surface area contributed by atoms with E-state index in [1.54, 1.807) is 0 Å². The fourth-order valence-electron chi connectivity index (χ4n) is 6.09. The van der Waals surface area contributed by atoms with Crippen LogP contribution in [0.25, 0.3) is 16.5 Å². The highest BCUT2D eigenvalue weighted by atomic mass is 19.1. The molecule has 1 atom stereocenters. The fourth-order valence-corrected chi connectivity index (χ4v) is 6.09. The number of anilines is 1. The molecule has 0 saturated carbocycles. The topological polar surface area (TPSA) is 50.7 Å². The van der Waals surface area contributed by atoms with Crippen LogP contribution < -0.4 is 9.64 Å². The molecule has 1 aromatic carbocycles. The Balaban J connectivity index is 0.00000117. The minimum Gasteiger partial charge on any atom is -0.461 e. The summed E-state index contributed by atoms with van der Waals surface area (Å²) < 4.78 is 41.9. The zero-order valence-electron chi connectivity index (χ0n) is 20.4. The predicted octanol–water partition coefficient (Wildman–Crippen LogP) is 4.95. The first-order valence-corrected chi connectivity index (χ1v) is 12.7. The normalized spacial score (nSPS) is 23.4. The number of hydrogen-bond acceptors (Lipinski definition) is 6. The zero-order valence-corrected chi connectivity index (χ0v) is 20.4. The summed E-state index contributed by atoms with van der Waals surface area (Å²) in [4.78, 5) is 13.8. The first-order chi connectivity index (χ1) is 16.6. The Labute approximate surface area is 199 Å². The summed E-state index contributed by atoms with van der Waals surface area (Å²) >= 11 is 0. The lowest BCUT2D eigenvalue weighted by Gasteiger charge is -2.32. The third-order valence-corrected chi connectivity index (χ3v) is 7.60. The summed E-state index contributed by atoms with van der Waals surface area (Å²) in [6.45, 7) is 10.4. The number of fused-ring (bicyclic) bond motifs is 3. The molecule has 2 aromatic rings. The van der Waals surface area contributed by atoms with Crippen LogP contribution in [0.2, 0.25) is 0 Å². The van der Waals surface area contributed by atoms with E-state index in [0.29, 0.717) is 43.1 Å². The number of hydrogen-bond donors (Lipinski definition) is 0. The van der Waals surface area contributed by atoms with Crippen molar-refractivity contribution in [2.45, 2.75) is 64.5 Å². The lowest BCUT2D eigenvalue weighted by atomic mass is 9.95. The molecule has 0 spiro atoms.